The van der Waals surface area contributed by atoms with Gasteiger partial charge in [-0.25, -0.2) is 32.9 Å². The number of carbonyl (C=O) groups excluding carboxylic acids is 2. The third kappa shape index (κ3) is 13.3. The number of H-pyrrole nitrogens is 3. The molecular weight excluding hydrogens is 922 g/mol. The number of pyridine rings is 3. The van der Waals surface area contributed by atoms with Gasteiger partial charge in [-0.05, 0) is 117 Å². The van der Waals surface area contributed by atoms with Crippen LogP contribution in [0, 0.1) is 17.5 Å². The van der Waals surface area contributed by atoms with Crippen molar-refractivity contribution in [2.45, 2.75) is 0 Å². The van der Waals surface area contributed by atoms with Crippen molar-refractivity contribution in [1.82, 2.24) is 29.9 Å². The van der Waals surface area contributed by atoms with Gasteiger partial charge in [-0.2, -0.15) is 0 Å². The molecule has 6 aromatic heterocycles. The van der Waals surface area contributed by atoms with Crippen molar-refractivity contribution in [3.8, 4) is 22.3 Å². The minimum atomic E-state index is -1.60. The molecule has 3 aromatic carbocycles. The lowest BCUT2D eigenvalue weighted by Crippen LogP contribution is -2.30. The molecule has 0 bridgehead atoms. The average Bonchev–Trinajstić information content (AvgIpc) is 4.10. The number of benzene rings is 3. The topological polar surface area (TPSA) is 262 Å². The van der Waals surface area contributed by atoms with Crippen LogP contribution >= 0.6 is 15.9 Å². The van der Waals surface area contributed by atoms with Gasteiger partial charge in [0, 0.05) is 68.9 Å². The number of aromatic amines is 3. The van der Waals surface area contributed by atoms with Crippen molar-refractivity contribution in [1.29, 1.82) is 0 Å². The Labute approximate surface area is 382 Å². The maximum absolute atomic E-state index is 13.7. The lowest BCUT2D eigenvalue weighted by molar-refractivity contribution is -0.146. The van der Waals surface area contributed by atoms with Crippen molar-refractivity contribution < 1.29 is 42.7 Å². The van der Waals surface area contributed by atoms with E-state index in [1.54, 1.807) is 42.9 Å². The number of nitrogens with one attached hydrogen (secondary N) is 4. The molecule has 0 aliphatic carbocycles. The summed E-state index contributed by atoms with van der Waals surface area (Å²) in [7, 11) is -1.60. The van der Waals surface area contributed by atoms with Gasteiger partial charge in [0.1, 0.15) is 34.4 Å². The third-order valence-electron chi connectivity index (χ3n) is 8.95. The zero-order chi connectivity index (χ0) is 47.9. The highest BCUT2D eigenvalue weighted by Crippen LogP contribution is 2.27. The summed E-state index contributed by atoms with van der Waals surface area (Å²) in [5, 5.41) is 30.6. The fourth-order valence-electron chi connectivity index (χ4n) is 5.63. The normalized spacial score (nSPS) is 10.2. The molecule has 9 aromatic rings. The van der Waals surface area contributed by atoms with E-state index in [4.69, 9.17) is 26.6 Å². The number of nitrogens with two attached hydrogens (primary N) is 2. The van der Waals surface area contributed by atoms with E-state index < -0.39 is 42.2 Å². The zero-order valence-electron chi connectivity index (χ0n) is 34.3. The van der Waals surface area contributed by atoms with E-state index in [-0.39, 0.29) is 22.5 Å². The van der Waals surface area contributed by atoms with Gasteiger partial charge < -0.3 is 46.9 Å². The largest absolute Gasteiger partial charge is 0.488 e. The van der Waals surface area contributed by atoms with E-state index >= 15 is 0 Å². The molecule has 0 radical (unpaired) electrons. The number of aliphatic carboxylic acids is 1. The zero-order valence-corrected chi connectivity index (χ0v) is 35.9. The number of anilines is 3. The Morgan fingerprint density at radius 2 is 1.09 bits per heavy atom. The predicted octanol–water partition coefficient (Wildman–Crippen LogP) is 7.68. The van der Waals surface area contributed by atoms with E-state index in [2.05, 4.69) is 64.3 Å². The van der Waals surface area contributed by atoms with Crippen LogP contribution in [0.25, 0.3) is 55.4 Å². The van der Waals surface area contributed by atoms with Crippen LogP contribution in [0.15, 0.2) is 158 Å². The third-order valence-corrected chi connectivity index (χ3v) is 9.39. The number of carbonyl (C=O) groups is 3. The summed E-state index contributed by atoms with van der Waals surface area (Å²) < 4.78 is 40.3. The molecule has 11 N–H and O–H groups in total. The van der Waals surface area contributed by atoms with Crippen molar-refractivity contribution in [2.24, 2.45) is 0 Å². The highest BCUT2D eigenvalue weighted by molar-refractivity contribution is 9.10. The number of carboxylic acid groups (broad SMARTS) is 1. The number of hydrogen-bond donors (Lipinski definition) is 9. The van der Waals surface area contributed by atoms with Gasteiger partial charge >= 0.3 is 13.1 Å². The molecular formula is C46H38BBrF3N9O6. The molecule has 0 aliphatic heterocycles. The van der Waals surface area contributed by atoms with Crippen LogP contribution < -0.4 is 22.2 Å². The Hall–Kier alpha value is -8.33. The molecule has 0 saturated carbocycles. The quantitative estimate of drug-likeness (QED) is 0.0324. The molecule has 0 spiro atoms. The molecule has 0 atom stereocenters. The molecule has 20 heteroatoms. The first-order valence-electron chi connectivity index (χ1n) is 19.1. The number of ketones is 1. The lowest BCUT2D eigenvalue weighted by atomic mass is 9.80. The highest BCUT2D eigenvalue weighted by Gasteiger charge is 2.12. The summed E-state index contributed by atoms with van der Waals surface area (Å²) in [5.74, 6) is -4.34. The summed E-state index contributed by atoms with van der Waals surface area (Å²) in [6.45, 7) is 6.30. The molecule has 6 heterocycles. The Morgan fingerprint density at radius 1 is 0.621 bits per heavy atom. The van der Waals surface area contributed by atoms with Crippen LogP contribution in [-0.2, 0) is 14.4 Å². The van der Waals surface area contributed by atoms with Gasteiger partial charge in [0.05, 0.1) is 17.1 Å². The number of rotatable bonds is 7. The van der Waals surface area contributed by atoms with Crippen molar-refractivity contribution in [2.75, 3.05) is 16.8 Å². The van der Waals surface area contributed by atoms with Crippen LogP contribution in [0.2, 0.25) is 0 Å². The number of nitrogen functional groups attached to an aromatic ring is 2. The van der Waals surface area contributed by atoms with Gasteiger partial charge in [-0.1, -0.05) is 31.4 Å². The second-order valence-corrected chi connectivity index (χ2v) is 14.4. The van der Waals surface area contributed by atoms with E-state index in [0.29, 0.717) is 0 Å². The van der Waals surface area contributed by atoms with E-state index in [0.717, 1.165) is 78.0 Å². The Morgan fingerprint density at radius 3 is 1.55 bits per heavy atom. The van der Waals surface area contributed by atoms with Crippen LogP contribution in [0.5, 0.6) is 0 Å². The van der Waals surface area contributed by atoms with Gasteiger partial charge in [0.25, 0.3) is 5.78 Å². The fraction of sp³-hybridized carbons (Fsp3) is 0. The van der Waals surface area contributed by atoms with Crippen molar-refractivity contribution >= 4 is 96.3 Å². The molecule has 334 valence electrons. The standard InChI is InChI=1S/C16H12FN3O.C13H10FN3.C7H5BrN2.C6H7BFNO2.C4H4O3/c1-2-15(21)20-14-8-10(3-4-13(14)17)12-7-11-5-6-18-16(11)19-9-12;14-11-2-1-8(6-12(11)15)10-5-9-3-4-16-13(9)17-7-10;8-6-3-5-1-2-9-7(5)10-4-6;8-5-2-1-4(7(10)11)3-6(5)9;1-2-3(5)4(6)7/h2-9H,1H2,(H,18,19)(H,20,21);1-7H,15H2,(H,16,17);1-4H,(H,9,10);1-3,10-11H,9H2;2H,1H2,(H,6,7). The number of amides is 1. The molecule has 0 fully saturated rings. The van der Waals surface area contributed by atoms with Crippen LogP contribution in [-0.4, -0.2) is 69.8 Å². The first-order chi connectivity index (χ1) is 31.6. The number of carboxylic acids is 1. The summed E-state index contributed by atoms with van der Waals surface area (Å²) in [6, 6.07) is 24.6. The van der Waals surface area contributed by atoms with E-state index in [1.165, 1.54) is 24.3 Å². The average molecular weight is 961 g/mol. The minimum absolute atomic E-state index is 0.0874. The predicted molar refractivity (Wildman–Crippen MR) is 253 cm³/mol. The monoisotopic (exact) mass is 959 g/mol. The van der Waals surface area contributed by atoms with Gasteiger partial charge in [-0.15, -0.1) is 0 Å². The minimum Gasteiger partial charge on any atom is -0.475 e. The SMILES string of the molecule is Brc1cnc2[nH]ccc2c1.C=CC(=O)C(=O)O.C=CC(=O)Nc1cc(-c2cnc3[nH]ccc3c2)ccc1F.Nc1cc(-c2cnc3[nH]ccc3c2)ccc1F.Nc1cc(B(O)O)ccc1F. The summed E-state index contributed by atoms with van der Waals surface area (Å²) in [4.78, 5) is 52.4. The smallest absolute Gasteiger partial charge is 0.475 e. The Kier molecular flexibility index (Phi) is 16.9. The molecule has 0 saturated heterocycles. The fourth-order valence-corrected chi connectivity index (χ4v) is 5.98. The second-order valence-electron chi connectivity index (χ2n) is 13.5. The number of aromatic nitrogens is 6. The molecule has 1 amide bonds. The number of hydrogen-bond acceptors (Lipinski definition) is 10. The van der Waals surface area contributed by atoms with E-state index in [9.17, 15) is 27.6 Å². The van der Waals surface area contributed by atoms with E-state index in [1.807, 2.05) is 55.0 Å². The van der Waals surface area contributed by atoms with Gasteiger partial charge in [0.15, 0.2) is 0 Å². The number of halogens is 4. The Balaban J connectivity index is 0.000000163. The van der Waals surface area contributed by atoms with Crippen molar-refractivity contribution in [3.05, 3.63) is 175 Å². The summed E-state index contributed by atoms with van der Waals surface area (Å²) in [6.07, 6.45) is 12.6. The van der Waals surface area contributed by atoms with Crippen LogP contribution in [0.4, 0.5) is 30.2 Å². The summed E-state index contributed by atoms with van der Waals surface area (Å²) in [5.41, 5.74) is 17.0. The second kappa shape index (κ2) is 22.9. The molecule has 66 heavy (non-hydrogen) atoms. The Bertz CT molecular complexity index is 3180. The first-order valence-corrected chi connectivity index (χ1v) is 19.9. The molecule has 0 unspecified atom stereocenters. The lowest BCUT2D eigenvalue weighted by Gasteiger charge is -2.07. The summed E-state index contributed by atoms with van der Waals surface area (Å²) >= 11 is 3.34. The first kappa shape index (κ1) is 48.7. The molecule has 9 rings (SSSR count). The maximum Gasteiger partial charge on any atom is 0.488 e. The molecule has 0 aliphatic rings. The van der Waals surface area contributed by atoms with Crippen LogP contribution in [0.3, 0.4) is 0 Å². The maximum atomic E-state index is 13.7. The number of nitrogens with zero attached hydrogens (tertiary/aromatic N) is 3. The van der Waals surface area contributed by atoms with Gasteiger partial charge in [-0.3, -0.25) is 9.59 Å². The molecule has 15 nitrogen and oxygen atoms in total. The highest BCUT2D eigenvalue weighted by atomic mass is 79.9. The van der Waals surface area contributed by atoms with Gasteiger partial charge in [0.2, 0.25) is 5.91 Å². The number of fused-ring (bicyclic) bond motifs is 3. The van der Waals surface area contributed by atoms with Crippen LogP contribution in [0.1, 0.15) is 0 Å². The van der Waals surface area contributed by atoms with Crippen molar-refractivity contribution in [3.63, 3.8) is 0 Å².